The molecular weight excluding hydrogens is 234 g/mol. The average molecular weight is 239 g/mol. The lowest BCUT2D eigenvalue weighted by Gasteiger charge is -2.07. The van der Waals surface area contributed by atoms with E-state index in [4.69, 9.17) is 0 Å². The van der Waals surface area contributed by atoms with Gasteiger partial charge in [-0.05, 0) is 6.92 Å². The number of nitro benzene ring substituents is 1. The van der Waals surface area contributed by atoms with Gasteiger partial charge in [-0.15, -0.1) is 0 Å². The van der Waals surface area contributed by atoms with Gasteiger partial charge < -0.3 is 4.74 Å². The zero-order valence-corrected chi connectivity index (χ0v) is 7.89. The molecule has 0 aliphatic heterocycles. The third kappa shape index (κ3) is 1.77. The van der Waals surface area contributed by atoms with Crippen molar-refractivity contribution in [3.8, 4) is 5.75 Å². The van der Waals surface area contributed by atoms with Crippen molar-refractivity contribution in [2.75, 3.05) is 6.61 Å². The fourth-order valence-electron chi connectivity index (χ4n) is 1.04. The van der Waals surface area contributed by atoms with Crippen molar-refractivity contribution >= 4 is 5.69 Å². The summed E-state index contributed by atoms with van der Waals surface area (Å²) in [5, 5.41) is 10.4. The molecule has 16 heavy (non-hydrogen) atoms. The molecule has 1 aromatic rings. The van der Waals surface area contributed by atoms with Crippen LogP contribution in [0, 0.1) is 33.4 Å². The molecule has 88 valence electrons. The quantitative estimate of drug-likeness (QED) is 0.268. The van der Waals surface area contributed by atoms with Crippen molar-refractivity contribution in [3.05, 3.63) is 33.4 Å². The van der Waals surface area contributed by atoms with Crippen LogP contribution in [0.25, 0.3) is 0 Å². The summed E-state index contributed by atoms with van der Waals surface area (Å²) in [6.45, 7) is 1.06. The Morgan fingerprint density at radius 2 is 1.62 bits per heavy atom. The van der Waals surface area contributed by atoms with Gasteiger partial charge in [0.1, 0.15) is 0 Å². The van der Waals surface area contributed by atoms with Crippen LogP contribution in [0.4, 0.5) is 23.2 Å². The molecule has 1 rings (SSSR count). The summed E-state index contributed by atoms with van der Waals surface area (Å²) < 4.78 is 55.8. The predicted octanol–water partition coefficient (Wildman–Crippen LogP) is 2.55. The van der Waals surface area contributed by atoms with Crippen LogP contribution in [0.1, 0.15) is 6.92 Å². The fraction of sp³-hybridized carbons (Fsp3) is 0.250. The summed E-state index contributed by atoms with van der Waals surface area (Å²) >= 11 is 0. The maximum atomic E-state index is 13.0. The number of halogens is 4. The molecule has 0 saturated heterocycles. The highest BCUT2D eigenvalue weighted by atomic mass is 19.2. The Balaban J connectivity index is 3.61. The lowest BCUT2D eigenvalue weighted by atomic mass is 10.2. The molecule has 1 aromatic carbocycles. The molecule has 0 bridgehead atoms. The topological polar surface area (TPSA) is 52.4 Å². The van der Waals surface area contributed by atoms with Crippen LogP contribution < -0.4 is 4.74 Å². The van der Waals surface area contributed by atoms with Gasteiger partial charge in [-0.25, -0.2) is 8.78 Å². The largest absolute Gasteiger partial charge is 0.485 e. The van der Waals surface area contributed by atoms with Crippen molar-refractivity contribution in [2.24, 2.45) is 0 Å². The highest BCUT2D eigenvalue weighted by molar-refractivity contribution is 5.49. The summed E-state index contributed by atoms with van der Waals surface area (Å²) in [6, 6.07) is 0. The monoisotopic (exact) mass is 239 g/mol. The molecule has 0 radical (unpaired) electrons. The molecule has 0 aromatic heterocycles. The lowest BCUT2D eigenvalue weighted by molar-refractivity contribution is -0.389. The maximum Gasteiger partial charge on any atom is 0.352 e. The molecule has 0 heterocycles. The van der Waals surface area contributed by atoms with E-state index in [2.05, 4.69) is 4.74 Å². The number of hydrogen-bond donors (Lipinski definition) is 0. The van der Waals surface area contributed by atoms with E-state index in [0.717, 1.165) is 0 Å². The zero-order valence-electron chi connectivity index (χ0n) is 7.89. The molecule has 0 spiro atoms. The van der Waals surface area contributed by atoms with Crippen molar-refractivity contribution in [3.63, 3.8) is 0 Å². The van der Waals surface area contributed by atoms with Gasteiger partial charge in [-0.1, -0.05) is 0 Å². The Bertz CT molecular complexity index is 450. The SMILES string of the molecule is CCOc1c(F)c(F)c(F)c(F)c1[N+](=O)[O-]. The van der Waals surface area contributed by atoms with Crippen LogP contribution in [0.2, 0.25) is 0 Å². The second kappa shape index (κ2) is 4.33. The Hall–Kier alpha value is -1.86. The van der Waals surface area contributed by atoms with Crippen LogP contribution in [0.3, 0.4) is 0 Å². The zero-order chi connectivity index (χ0) is 12.5. The molecule has 8 heteroatoms. The molecule has 4 nitrogen and oxygen atoms in total. The van der Waals surface area contributed by atoms with Gasteiger partial charge in [0.15, 0.2) is 0 Å². The van der Waals surface area contributed by atoms with Crippen LogP contribution in [-0.2, 0) is 0 Å². The number of ether oxygens (including phenoxy) is 1. The third-order valence-corrected chi connectivity index (χ3v) is 1.67. The number of rotatable bonds is 3. The number of benzene rings is 1. The van der Waals surface area contributed by atoms with Gasteiger partial charge in [0.05, 0.1) is 11.5 Å². The number of hydrogen-bond acceptors (Lipinski definition) is 3. The van der Waals surface area contributed by atoms with Crippen molar-refractivity contribution in [1.82, 2.24) is 0 Å². The van der Waals surface area contributed by atoms with E-state index in [1.807, 2.05) is 0 Å². The normalized spacial score (nSPS) is 10.3. The van der Waals surface area contributed by atoms with Crippen molar-refractivity contribution < 1.29 is 27.2 Å². The van der Waals surface area contributed by atoms with Gasteiger partial charge in [-0.3, -0.25) is 10.1 Å². The molecule has 0 amide bonds. The third-order valence-electron chi connectivity index (χ3n) is 1.67. The first-order valence-corrected chi connectivity index (χ1v) is 4.04. The van der Waals surface area contributed by atoms with Crippen LogP contribution >= 0.6 is 0 Å². The van der Waals surface area contributed by atoms with E-state index < -0.39 is 39.6 Å². The van der Waals surface area contributed by atoms with Gasteiger partial charge in [0.2, 0.25) is 29.0 Å². The molecule has 0 aliphatic rings. The van der Waals surface area contributed by atoms with E-state index in [1.165, 1.54) is 6.92 Å². The first kappa shape index (κ1) is 12.2. The molecular formula is C8H5F4NO3. The minimum Gasteiger partial charge on any atom is -0.485 e. The summed E-state index contributed by atoms with van der Waals surface area (Å²) in [6.07, 6.45) is 0. The predicted molar refractivity (Wildman–Crippen MR) is 44.1 cm³/mol. The second-order valence-electron chi connectivity index (χ2n) is 2.62. The van der Waals surface area contributed by atoms with Crippen LogP contribution in [0.5, 0.6) is 5.75 Å². The average Bonchev–Trinajstić information content (AvgIpc) is 2.23. The van der Waals surface area contributed by atoms with E-state index in [9.17, 15) is 27.7 Å². The Morgan fingerprint density at radius 1 is 1.12 bits per heavy atom. The molecule has 0 aliphatic carbocycles. The van der Waals surface area contributed by atoms with E-state index in [-0.39, 0.29) is 6.61 Å². The maximum absolute atomic E-state index is 13.0. The fourth-order valence-corrected chi connectivity index (χ4v) is 1.04. The minimum absolute atomic E-state index is 0.262. The Labute approximate surface area is 86.6 Å². The van der Waals surface area contributed by atoms with Gasteiger partial charge >= 0.3 is 5.69 Å². The van der Waals surface area contributed by atoms with E-state index >= 15 is 0 Å². The minimum atomic E-state index is -2.24. The molecule has 0 unspecified atom stereocenters. The van der Waals surface area contributed by atoms with Gasteiger partial charge in [0, 0.05) is 0 Å². The highest BCUT2D eigenvalue weighted by Gasteiger charge is 2.34. The molecule has 0 fully saturated rings. The Morgan fingerprint density at radius 3 is 2.06 bits per heavy atom. The van der Waals surface area contributed by atoms with E-state index in [1.54, 1.807) is 0 Å². The second-order valence-corrected chi connectivity index (χ2v) is 2.62. The summed E-state index contributed by atoms with van der Waals surface area (Å²) in [5.74, 6) is -9.65. The summed E-state index contributed by atoms with van der Waals surface area (Å²) in [5.41, 5.74) is -1.56. The first-order chi connectivity index (χ1) is 7.41. The van der Waals surface area contributed by atoms with Gasteiger partial charge in [0.25, 0.3) is 0 Å². The molecule has 0 saturated carbocycles. The van der Waals surface area contributed by atoms with Gasteiger partial charge in [-0.2, -0.15) is 8.78 Å². The van der Waals surface area contributed by atoms with E-state index in [0.29, 0.717) is 0 Å². The van der Waals surface area contributed by atoms with Crippen molar-refractivity contribution in [1.29, 1.82) is 0 Å². The summed E-state index contributed by atoms with van der Waals surface area (Å²) in [4.78, 5) is 8.98. The smallest absolute Gasteiger partial charge is 0.352 e. The van der Waals surface area contributed by atoms with Crippen LogP contribution in [0.15, 0.2) is 0 Å². The Kier molecular flexibility index (Phi) is 3.31. The van der Waals surface area contributed by atoms with Crippen molar-refractivity contribution in [2.45, 2.75) is 6.92 Å². The highest BCUT2D eigenvalue weighted by Crippen LogP contribution is 2.36. The summed E-state index contributed by atoms with van der Waals surface area (Å²) in [7, 11) is 0. The standard InChI is InChI=1S/C8H5F4NO3/c1-2-16-8-6(12)4(10)3(9)5(11)7(8)13(14)15/h2H2,1H3. The number of nitrogens with zero attached hydrogens (tertiary/aromatic N) is 1. The number of nitro groups is 1. The first-order valence-electron chi connectivity index (χ1n) is 4.04. The lowest BCUT2D eigenvalue weighted by Crippen LogP contribution is -2.07. The molecule has 0 atom stereocenters. The van der Waals surface area contributed by atoms with Crippen LogP contribution in [-0.4, -0.2) is 11.5 Å². The molecule has 0 N–H and O–H groups in total.